The minimum Gasteiger partial charge on any atom is -0.339 e. The number of nitrogens with two attached hydrogens (primary N) is 1. The quantitative estimate of drug-likeness (QED) is 0.893. The molecule has 1 saturated heterocycles. The summed E-state index contributed by atoms with van der Waals surface area (Å²) in [4.78, 5) is 16.8. The summed E-state index contributed by atoms with van der Waals surface area (Å²) in [6.07, 6.45) is 1.57. The third-order valence-electron chi connectivity index (χ3n) is 4.39. The third-order valence-corrected chi connectivity index (χ3v) is 4.39. The van der Waals surface area contributed by atoms with E-state index >= 15 is 0 Å². The van der Waals surface area contributed by atoms with Gasteiger partial charge in [-0.05, 0) is 31.9 Å². The molecule has 0 aliphatic carbocycles. The first-order valence-corrected chi connectivity index (χ1v) is 7.94. The van der Waals surface area contributed by atoms with E-state index in [2.05, 4.69) is 30.9 Å². The van der Waals surface area contributed by atoms with Gasteiger partial charge >= 0.3 is 0 Å². The van der Waals surface area contributed by atoms with E-state index in [1.165, 1.54) is 5.56 Å². The van der Waals surface area contributed by atoms with Crippen LogP contribution in [0.3, 0.4) is 0 Å². The summed E-state index contributed by atoms with van der Waals surface area (Å²) >= 11 is 0. The van der Waals surface area contributed by atoms with Gasteiger partial charge in [-0.3, -0.25) is 9.69 Å². The van der Waals surface area contributed by atoms with E-state index < -0.39 is 0 Å². The van der Waals surface area contributed by atoms with Crippen molar-refractivity contribution in [1.29, 1.82) is 0 Å². The smallest absolute Gasteiger partial charge is 0.239 e. The average Bonchev–Trinajstić information content (AvgIpc) is 2.52. The van der Waals surface area contributed by atoms with Gasteiger partial charge in [0.2, 0.25) is 5.91 Å². The second kappa shape index (κ2) is 7.57. The predicted octanol–water partition coefficient (Wildman–Crippen LogP) is 1.50. The number of aryl methyl sites for hydroxylation is 1. The van der Waals surface area contributed by atoms with Crippen molar-refractivity contribution in [3.63, 3.8) is 0 Å². The van der Waals surface area contributed by atoms with Gasteiger partial charge in [-0.1, -0.05) is 37.3 Å². The number of carbonyl (C=O) groups excluding carboxylic acids is 1. The molecule has 4 heteroatoms. The SMILES string of the molecule is CCN1CCN(C(=O)C(N)CCc2ccccc2)CC1C. The predicted molar refractivity (Wildman–Crippen MR) is 86.0 cm³/mol. The van der Waals surface area contributed by atoms with Crippen LogP contribution in [-0.2, 0) is 11.2 Å². The molecule has 1 heterocycles. The molecule has 1 aliphatic rings. The summed E-state index contributed by atoms with van der Waals surface area (Å²) in [6, 6.07) is 10.3. The molecule has 1 fully saturated rings. The van der Waals surface area contributed by atoms with Crippen molar-refractivity contribution in [3.8, 4) is 0 Å². The van der Waals surface area contributed by atoms with E-state index in [0.717, 1.165) is 32.6 Å². The van der Waals surface area contributed by atoms with Crippen molar-refractivity contribution in [2.24, 2.45) is 5.73 Å². The monoisotopic (exact) mass is 289 g/mol. The molecular formula is C17H27N3O. The van der Waals surface area contributed by atoms with Crippen molar-refractivity contribution in [2.75, 3.05) is 26.2 Å². The molecule has 0 radical (unpaired) electrons. The lowest BCUT2D eigenvalue weighted by Crippen LogP contribution is -2.56. The van der Waals surface area contributed by atoms with Crippen molar-refractivity contribution >= 4 is 5.91 Å². The standard InChI is InChI=1S/C17H27N3O/c1-3-19-11-12-20(13-14(19)2)17(21)16(18)10-9-15-7-5-4-6-8-15/h4-8,14,16H,3,9-13,18H2,1-2H3. The van der Waals surface area contributed by atoms with E-state index in [0.29, 0.717) is 12.5 Å². The fraction of sp³-hybridized carbons (Fsp3) is 0.588. The Kier molecular flexibility index (Phi) is 5.76. The average molecular weight is 289 g/mol. The normalized spacial score (nSPS) is 21.3. The number of carbonyl (C=O) groups is 1. The molecule has 1 amide bonds. The number of hydrogen-bond donors (Lipinski definition) is 1. The molecule has 4 nitrogen and oxygen atoms in total. The minimum absolute atomic E-state index is 0.105. The zero-order chi connectivity index (χ0) is 15.2. The maximum Gasteiger partial charge on any atom is 0.239 e. The van der Waals surface area contributed by atoms with Crippen molar-refractivity contribution in [1.82, 2.24) is 9.80 Å². The van der Waals surface area contributed by atoms with Gasteiger partial charge < -0.3 is 10.6 Å². The molecule has 21 heavy (non-hydrogen) atoms. The molecule has 0 saturated carbocycles. The summed E-state index contributed by atoms with van der Waals surface area (Å²) in [5.74, 6) is 0.105. The Morgan fingerprint density at radius 1 is 1.33 bits per heavy atom. The van der Waals surface area contributed by atoms with Crippen LogP contribution < -0.4 is 5.73 Å². The van der Waals surface area contributed by atoms with Gasteiger partial charge in [0.05, 0.1) is 6.04 Å². The molecule has 1 aliphatic heterocycles. The Bertz CT molecular complexity index is 449. The lowest BCUT2D eigenvalue weighted by molar-refractivity contribution is -0.135. The summed E-state index contributed by atoms with van der Waals surface area (Å²) in [7, 11) is 0. The molecule has 0 spiro atoms. The van der Waals surface area contributed by atoms with Crippen LogP contribution in [0.1, 0.15) is 25.8 Å². The number of benzene rings is 1. The molecule has 1 aromatic rings. The highest BCUT2D eigenvalue weighted by Gasteiger charge is 2.28. The number of rotatable bonds is 5. The van der Waals surface area contributed by atoms with E-state index in [1.807, 2.05) is 23.1 Å². The number of likely N-dealkylation sites (N-methyl/N-ethyl adjacent to an activating group) is 1. The first kappa shape index (κ1) is 16.0. The second-order valence-electron chi connectivity index (χ2n) is 5.89. The Balaban J connectivity index is 1.82. The van der Waals surface area contributed by atoms with Crippen LogP contribution in [-0.4, -0.2) is 54.0 Å². The van der Waals surface area contributed by atoms with Gasteiger partial charge in [0, 0.05) is 25.7 Å². The number of piperazine rings is 1. The van der Waals surface area contributed by atoms with Gasteiger partial charge in [0.25, 0.3) is 0 Å². The lowest BCUT2D eigenvalue weighted by atomic mass is 10.0. The lowest BCUT2D eigenvalue weighted by Gasteiger charge is -2.40. The van der Waals surface area contributed by atoms with Gasteiger partial charge in [-0.2, -0.15) is 0 Å². The Hall–Kier alpha value is -1.39. The van der Waals surface area contributed by atoms with Crippen LogP contribution in [0.5, 0.6) is 0 Å². The van der Waals surface area contributed by atoms with Gasteiger partial charge in [-0.15, -0.1) is 0 Å². The molecule has 2 unspecified atom stereocenters. The van der Waals surface area contributed by atoms with E-state index in [4.69, 9.17) is 5.73 Å². The first-order valence-electron chi connectivity index (χ1n) is 7.94. The number of amides is 1. The zero-order valence-electron chi connectivity index (χ0n) is 13.2. The summed E-state index contributed by atoms with van der Waals surface area (Å²) in [5.41, 5.74) is 7.34. The van der Waals surface area contributed by atoms with E-state index in [9.17, 15) is 4.79 Å². The molecule has 1 aromatic carbocycles. The Morgan fingerprint density at radius 2 is 2.05 bits per heavy atom. The van der Waals surface area contributed by atoms with Crippen molar-refractivity contribution in [3.05, 3.63) is 35.9 Å². The fourth-order valence-corrected chi connectivity index (χ4v) is 2.99. The summed E-state index contributed by atoms with van der Waals surface area (Å²) in [6.45, 7) is 7.94. The van der Waals surface area contributed by atoms with Crippen LogP contribution in [0.15, 0.2) is 30.3 Å². The number of nitrogens with zero attached hydrogens (tertiary/aromatic N) is 2. The Morgan fingerprint density at radius 3 is 2.67 bits per heavy atom. The van der Waals surface area contributed by atoms with Crippen molar-refractivity contribution in [2.45, 2.75) is 38.8 Å². The maximum absolute atomic E-state index is 12.4. The van der Waals surface area contributed by atoms with Crippen LogP contribution in [0.4, 0.5) is 0 Å². The Labute approximate surface area is 127 Å². The van der Waals surface area contributed by atoms with E-state index in [-0.39, 0.29) is 11.9 Å². The molecule has 0 aromatic heterocycles. The molecular weight excluding hydrogens is 262 g/mol. The van der Waals surface area contributed by atoms with Crippen LogP contribution in [0.2, 0.25) is 0 Å². The van der Waals surface area contributed by atoms with Gasteiger partial charge in [-0.25, -0.2) is 0 Å². The van der Waals surface area contributed by atoms with Crippen molar-refractivity contribution < 1.29 is 4.79 Å². The molecule has 2 N–H and O–H groups in total. The highest BCUT2D eigenvalue weighted by molar-refractivity contribution is 5.81. The minimum atomic E-state index is -0.384. The van der Waals surface area contributed by atoms with E-state index in [1.54, 1.807) is 0 Å². The summed E-state index contributed by atoms with van der Waals surface area (Å²) in [5, 5.41) is 0. The molecule has 0 bridgehead atoms. The van der Waals surface area contributed by atoms with Gasteiger partial charge in [0.15, 0.2) is 0 Å². The molecule has 2 rings (SSSR count). The molecule has 2 atom stereocenters. The fourth-order valence-electron chi connectivity index (χ4n) is 2.99. The first-order chi connectivity index (χ1) is 10.1. The van der Waals surface area contributed by atoms with Gasteiger partial charge in [0.1, 0.15) is 0 Å². The second-order valence-corrected chi connectivity index (χ2v) is 5.89. The van der Waals surface area contributed by atoms with Crippen LogP contribution >= 0.6 is 0 Å². The highest BCUT2D eigenvalue weighted by Crippen LogP contribution is 2.12. The topological polar surface area (TPSA) is 49.6 Å². The third kappa shape index (κ3) is 4.29. The van der Waals surface area contributed by atoms with Crippen LogP contribution in [0, 0.1) is 0 Å². The van der Waals surface area contributed by atoms with Crippen LogP contribution in [0.25, 0.3) is 0 Å². The maximum atomic E-state index is 12.4. The number of hydrogen-bond acceptors (Lipinski definition) is 3. The highest BCUT2D eigenvalue weighted by atomic mass is 16.2. The largest absolute Gasteiger partial charge is 0.339 e. The summed E-state index contributed by atoms with van der Waals surface area (Å²) < 4.78 is 0. The zero-order valence-corrected chi connectivity index (χ0v) is 13.2. The molecule has 116 valence electrons.